The first-order valence-corrected chi connectivity index (χ1v) is 6.44. The maximum atomic E-state index is 12.3. The number of carbonyl (C=O) groups is 2. The molecule has 1 aromatic heterocycles. The lowest BCUT2D eigenvalue weighted by Gasteiger charge is -2.20. The zero-order valence-corrected chi connectivity index (χ0v) is 11.7. The van der Waals surface area contributed by atoms with Crippen LogP contribution >= 0.6 is 0 Å². The lowest BCUT2D eigenvalue weighted by Crippen LogP contribution is -2.34. The zero-order valence-electron chi connectivity index (χ0n) is 11.7. The van der Waals surface area contributed by atoms with E-state index >= 15 is 0 Å². The first kappa shape index (κ1) is 14.2. The number of likely N-dealkylation sites (tertiary alicyclic amines) is 1. The van der Waals surface area contributed by atoms with Crippen LogP contribution in [0.15, 0.2) is 17.3 Å². The SMILES string of the molecule is C=CCN1CC(C(=O)N(C)Cc2nonc2C)CC1=O. The van der Waals surface area contributed by atoms with Gasteiger partial charge in [-0.1, -0.05) is 16.4 Å². The molecule has 2 heterocycles. The second-order valence-corrected chi connectivity index (χ2v) is 4.98. The second kappa shape index (κ2) is 5.85. The highest BCUT2D eigenvalue weighted by atomic mass is 16.6. The van der Waals surface area contributed by atoms with Crippen LogP contribution in [-0.2, 0) is 16.1 Å². The lowest BCUT2D eigenvalue weighted by atomic mass is 10.1. The molecule has 0 N–H and O–H groups in total. The summed E-state index contributed by atoms with van der Waals surface area (Å²) in [6.07, 6.45) is 1.92. The van der Waals surface area contributed by atoms with Crippen LogP contribution in [-0.4, -0.2) is 52.1 Å². The third kappa shape index (κ3) is 2.87. The summed E-state index contributed by atoms with van der Waals surface area (Å²) < 4.78 is 4.61. The average Bonchev–Trinajstić information content (AvgIpc) is 2.97. The van der Waals surface area contributed by atoms with E-state index in [1.54, 1.807) is 29.8 Å². The Hall–Kier alpha value is -2.18. The Morgan fingerprint density at radius 3 is 2.95 bits per heavy atom. The smallest absolute Gasteiger partial charge is 0.228 e. The van der Waals surface area contributed by atoms with E-state index in [4.69, 9.17) is 0 Å². The molecule has 0 aliphatic carbocycles. The molecule has 2 amide bonds. The van der Waals surface area contributed by atoms with Crippen LogP contribution in [0.1, 0.15) is 17.8 Å². The van der Waals surface area contributed by atoms with Gasteiger partial charge < -0.3 is 9.80 Å². The van der Waals surface area contributed by atoms with E-state index in [0.29, 0.717) is 31.0 Å². The van der Waals surface area contributed by atoms with E-state index in [1.807, 2.05) is 0 Å². The average molecular weight is 278 g/mol. The maximum absolute atomic E-state index is 12.3. The van der Waals surface area contributed by atoms with Crippen molar-refractivity contribution in [1.29, 1.82) is 0 Å². The molecule has 108 valence electrons. The fourth-order valence-corrected chi connectivity index (χ4v) is 2.28. The molecule has 7 nitrogen and oxygen atoms in total. The third-order valence-corrected chi connectivity index (χ3v) is 3.42. The quantitative estimate of drug-likeness (QED) is 0.727. The van der Waals surface area contributed by atoms with Gasteiger partial charge in [0.1, 0.15) is 11.4 Å². The second-order valence-electron chi connectivity index (χ2n) is 4.98. The Bertz CT molecular complexity index is 525. The van der Waals surface area contributed by atoms with Crippen molar-refractivity contribution >= 4 is 11.8 Å². The van der Waals surface area contributed by atoms with Crippen molar-refractivity contribution in [3.63, 3.8) is 0 Å². The molecule has 1 saturated heterocycles. The van der Waals surface area contributed by atoms with Gasteiger partial charge in [-0.15, -0.1) is 6.58 Å². The van der Waals surface area contributed by atoms with E-state index in [9.17, 15) is 9.59 Å². The molecule has 0 aromatic carbocycles. The number of aromatic nitrogens is 2. The molecular formula is C13H18N4O3. The van der Waals surface area contributed by atoms with Gasteiger partial charge in [0.2, 0.25) is 11.8 Å². The highest BCUT2D eigenvalue weighted by Crippen LogP contribution is 2.20. The third-order valence-electron chi connectivity index (χ3n) is 3.42. The number of carbonyl (C=O) groups excluding carboxylic acids is 2. The summed E-state index contributed by atoms with van der Waals surface area (Å²) in [6.45, 7) is 6.65. The summed E-state index contributed by atoms with van der Waals surface area (Å²) in [5.74, 6) is -0.365. The molecule has 2 rings (SSSR count). The largest absolute Gasteiger partial charge is 0.339 e. The van der Waals surface area contributed by atoms with Crippen molar-refractivity contribution in [1.82, 2.24) is 20.1 Å². The van der Waals surface area contributed by atoms with Gasteiger partial charge in [0, 0.05) is 26.6 Å². The summed E-state index contributed by atoms with van der Waals surface area (Å²) in [5, 5.41) is 7.43. The molecule has 7 heteroatoms. The number of rotatable bonds is 5. The molecule has 1 unspecified atom stereocenters. The minimum Gasteiger partial charge on any atom is -0.339 e. The van der Waals surface area contributed by atoms with Crippen LogP contribution in [0.4, 0.5) is 0 Å². The van der Waals surface area contributed by atoms with Crippen LogP contribution in [0, 0.1) is 12.8 Å². The van der Waals surface area contributed by atoms with E-state index in [2.05, 4.69) is 21.5 Å². The van der Waals surface area contributed by atoms with Gasteiger partial charge in [0.15, 0.2) is 0 Å². The van der Waals surface area contributed by atoms with Gasteiger partial charge in [0.25, 0.3) is 0 Å². The Balaban J connectivity index is 1.96. The summed E-state index contributed by atoms with van der Waals surface area (Å²) in [6, 6.07) is 0. The predicted octanol–water partition coefficient (Wildman–Crippen LogP) is 0.371. The summed E-state index contributed by atoms with van der Waals surface area (Å²) >= 11 is 0. The summed E-state index contributed by atoms with van der Waals surface area (Å²) in [5.41, 5.74) is 1.30. The Morgan fingerprint density at radius 2 is 2.35 bits per heavy atom. The van der Waals surface area contributed by atoms with Crippen molar-refractivity contribution in [2.24, 2.45) is 5.92 Å². The molecule has 0 spiro atoms. The molecule has 20 heavy (non-hydrogen) atoms. The van der Waals surface area contributed by atoms with Gasteiger partial charge >= 0.3 is 0 Å². The van der Waals surface area contributed by atoms with E-state index in [-0.39, 0.29) is 24.2 Å². The minimum absolute atomic E-state index is 0.00377. The van der Waals surface area contributed by atoms with Gasteiger partial charge in [-0.3, -0.25) is 9.59 Å². The Labute approximate surface area is 117 Å². The normalized spacial score (nSPS) is 18.4. The fraction of sp³-hybridized carbons (Fsp3) is 0.538. The molecule has 0 bridgehead atoms. The lowest BCUT2D eigenvalue weighted by molar-refractivity contribution is -0.135. The number of hydrogen-bond acceptors (Lipinski definition) is 5. The van der Waals surface area contributed by atoms with Crippen molar-refractivity contribution < 1.29 is 14.2 Å². The zero-order chi connectivity index (χ0) is 14.7. The number of hydrogen-bond donors (Lipinski definition) is 0. The van der Waals surface area contributed by atoms with Crippen LogP contribution in [0.3, 0.4) is 0 Å². The molecule has 1 aliphatic heterocycles. The van der Waals surface area contributed by atoms with Crippen LogP contribution in [0.25, 0.3) is 0 Å². The Kier molecular flexibility index (Phi) is 4.16. The van der Waals surface area contributed by atoms with Crippen LogP contribution in [0.5, 0.6) is 0 Å². The number of nitrogens with zero attached hydrogens (tertiary/aromatic N) is 4. The first-order valence-electron chi connectivity index (χ1n) is 6.44. The van der Waals surface area contributed by atoms with Gasteiger partial charge in [0.05, 0.1) is 12.5 Å². The monoisotopic (exact) mass is 278 g/mol. The topological polar surface area (TPSA) is 79.5 Å². The van der Waals surface area contributed by atoms with Crippen molar-refractivity contribution in [2.75, 3.05) is 20.1 Å². The predicted molar refractivity (Wildman–Crippen MR) is 70.4 cm³/mol. The molecule has 1 aromatic rings. The summed E-state index contributed by atoms with van der Waals surface area (Å²) in [4.78, 5) is 27.3. The van der Waals surface area contributed by atoms with Gasteiger partial charge in [-0.2, -0.15) is 0 Å². The standard InChI is InChI=1S/C13H18N4O3/c1-4-5-17-7-10(6-12(17)18)13(19)16(3)8-11-9(2)14-20-15-11/h4,10H,1,5-8H2,2-3H3. The molecule has 1 aliphatic rings. The van der Waals surface area contributed by atoms with E-state index in [0.717, 1.165) is 0 Å². The molecule has 0 saturated carbocycles. The number of aryl methyl sites for hydroxylation is 1. The molecule has 1 atom stereocenters. The first-order chi connectivity index (χ1) is 9.52. The maximum Gasteiger partial charge on any atom is 0.228 e. The van der Waals surface area contributed by atoms with Crippen molar-refractivity contribution in [2.45, 2.75) is 19.9 Å². The fourth-order valence-electron chi connectivity index (χ4n) is 2.28. The van der Waals surface area contributed by atoms with Crippen LogP contribution < -0.4 is 0 Å². The van der Waals surface area contributed by atoms with Crippen molar-refractivity contribution in [3.05, 3.63) is 24.0 Å². The highest BCUT2D eigenvalue weighted by Gasteiger charge is 2.35. The van der Waals surface area contributed by atoms with Crippen molar-refractivity contribution in [3.8, 4) is 0 Å². The van der Waals surface area contributed by atoms with Crippen LogP contribution in [0.2, 0.25) is 0 Å². The van der Waals surface area contributed by atoms with E-state index < -0.39 is 0 Å². The summed E-state index contributed by atoms with van der Waals surface area (Å²) in [7, 11) is 1.69. The molecular weight excluding hydrogens is 260 g/mol. The Morgan fingerprint density at radius 1 is 1.60 bits per heavy atom. The van der Waals surface area contributed by atoms with E-state index in [1.165, 1.54) is 0 Å². The van der Waals surface area contributed by atoms with Gasteiger partial charge in [-0.05, 0) is 6.92 Å². The molecule has 1 fully saturated rings. The minimum atomic E-state index is -0.299. The highest BCUT2D eigenvalue weighted by molar-refractivity contribution is 5.89. The number of amides is 2. The molecule has 0 radical (unpaired) electrons. The van der Waals surface area contributed by atoms with Gasteiger partial charge in [-0.25, -0.2) is 4.63 Å².